The fraction of sp³-hybridized carbons (Fsp3) is 0.231. The normalized spacial score (nSPS) is 17.1. The highest BCUT2D eigenvalue weighted by Crippen LogP contribution is 2.40. The molecule has 0 aliphatic carbocycles. The first kappa shape index (κ1) is 28.0. The van der Waals surface area contributed by atoms with Crippen molar-refractivity contribution in [3.63, 3.8) is 0 Å². The Morgan fingerprint density at radius 3 is 2.56 bits per heavy atom. The molecule has 1 fully saturated rings. The average Bonchev–Trinajstić information content (AvgIpc) is 3.49. The van der Waals surface area contributed by atoms with Gasteiger partial charge < -0.3 is 16.0 Å². The molecule has 3 N–H and O–H groups in total. The lowest BCUT2D eigenvalue weighted by Gasteiger charge is -2.24. The molecule has 0 bridgehead atoms. The van der Waals surface area contributed by atoms with Crippen molar-refractivity contribution in [1.82, 2.24) is 24.9 Å². The van der Waals surface area contributed by atoms with Crippen molar-refractivity contribution in [2.45, 2.75) is 31.4 Å². The molecule has 10 nitrogen and oxygen atoms in total. The quantitative estimate of drug-likeness (QED) is 0.328. The molecule has 15 heteroatoms. The van der Waals surface area contributed by atoms with Crippen molar-refractivity contribution in [2.75, 3.05) is 11.9 Å². The van der Waals surface area contributed by atoms with Gasteiger partial charge in [0.2, 0.25) is 11.8 Å². The number of hydrogen-bond acceptors (Lipinski definition) is 6. The number of fused-ring (bicyclic) bond motifs is 1. The van der Waals surface area contributed by atoms with Crippen molar-refractivity contribution >= 4 is 45.9 Å². The minimum Gasteiger partial charge on any atom is -0.364 e. The molecule has 212 valence electrons. The van der Waals surface area contributed by atoms with Crippen LogP contribution in [0.3, 0.4) is 0 Å². The zero-order valence-electron chi connectivity index (χ0n) is 20.9. The lowest BCUT2D eigenvalue weighted by atomic mass is 10.0. The smallest absolute Gasteiger partial charge is 0.364 e. The van der Waals surface area contributed by atoms with Crippen LogP contribution in [0.5, 0.6) is 0 Å². The number of carbonyl (C=O) groups excluding carboxylic acids is 3. The van der Waals surface area contributed by atoms with Crippen LogP contribution in [0, 0.1) is 0 Å². The van der Waals surface area contributed by atoms with E-state index in [0.29, 0.717) is 22.0 Å². The lowest BCUT2D eigenvalue weighted by Crippen LogP contribution is -2.44. The van der Waals surface area contributed by atoms with Crippen LogP contribution >= 0.6 is 11.6 Å². The van der Waals surface area contributed by atoms with Crippen molar-refractivity contribution in [2.24, 2.45) is 5.73 Å². The number of primary amides is 1. The van der Waals surface area contributed by atoms with Crippen LogP contribution in [0.4, 0.5) is 23.2 Å². The van der Waals surface area contributed by atoms with Gasteiger partial charge in [0.15, 0.2) is 5.69 Å². The van der Waals surface area contributed by atoms with Gasteiger partial charge in [-0.3, -0.25) is 19.1 Å². The zero-order chi connectivity index (χ0) is 29.5. The predicted molar refractivity (Wildman–Crippen MR) is 139 cm³/mol. The van der Waals surface area contributed by atoms with E-state index in [1.165, 1.54) is 23.1 Å². The number of rotatable bonds is 6. The summed E-state index contributed by atoms with van der Waals surface area (Å²) in [6, 6.07) is 8.53. The van der Waals surface area contributed by atoms with Crippen LogP contribution in [-0.2, 0) is 22.3 Å². The third-order valence-corrected chi connectivity index (χ3v) is 6.93. The molecule has 3 amide bonds. The van der Waals surface area contributed by atoms with Gasteiger partial charge in [-0.1, -0.05) is 23.7 Å². The Morgan fingerprint density at radius 1 is 1.10 bits per heavy atom. The second-order valence-corrected chi connectivity index (χ2v) is 9.69. The fourth-order valence-electron chi connectivity index (χ4n) is 4.78. The van der Waals surface area contributed by atoms with Crippen LogP contribution in [0.1, 0.15) is 22.5 Å². The minimum atomic E-state index is -4.87. The van der Waals surface area contributed by atoms with Gasteiger partial charge in [-0.15, -0.1) is 0 Å². The summed E-state index contributed by atoms with van der Waals surface area (Å²) < 4.78 is 56.3. The van der Waals surface area contributed by atoms with Gasteiger partial charge in [0.1, 0.15) is 18.8 Å². The Kier molecular flexibility index (Phi) is 7.34. The van der Waals surface area contributed by atoms with Gasteiger partial charge in [-0.2, -0.15) is 28.5 Å². The van der Waals surface area contributed by atoms with Crippen LogP contribution < -0.4 is 11.1 Å². The molecule has 2 atom stereocenters. The molecule has 5 rings (SSSR count). The third kappa shape index (κ3) is 5.55. The van der Waals surface area contributed by atoms with Crippen molar-refractivity contribution in [3.8, 4) is 11.1 Å². The molecule has 0 unspecified atom stereocenters. The summed E-state index contributed by atoms with van der Waals surface area (Å²) in [4.78, 5) is 39.4. The summed E-state index contributed by atoms with van der Waals surface area (Å²) >= 11 is 5.72. The lowest BCUT2D eigenvalue weighted by molar-refractivity contribution is -0.138. The standard InChI is InChI=1S/C26H20ClF4N7O3/c27-17-2-1-3-18(22(17)26(29,30)31)35-25(41)20-9-15(28)11-37(20)21(39)12-38-19-5-4-13(14-6-7-33-34-10-14)8-16(19)23(36-38)24(32)40/h1-8,10,15,20H,9,11-12H2,(H2,32,40)(H,35,41)/t15-,20+/m1/s1. The molecule has 41 heavy (non-hydrogen) atoms. The number of alkyl halides is 4. The van der Waals surface area contributed by atoms with E-state index in [2.05, 4.69) is 20.6 Å². The number of benzene rings is 2. The fourth-order valence-corrected chi connectivity index (χ4v) is 5.06. The number of carbonyl (C=O) groups is 3. The maximum atomic E-state index is 14.5. The predicted octanol–water partition coefficient (Wildman–Crippen LogP) is 3.84. The van der Waals surface area contributed by atoms with Crippen molar-refractivity contribution < 1.29 is 31.9 Å². The Balaban J connectivity index is 1.41. The van der Waals surface area contributed by atoms with E-state index in [-0.39, 0.29) is 5.69 Å². The van der Waals surface area contributed by atoms with Crippen LogP contribution in [0.25, 0.3) is 22.0 Å². The van der Waals surface area contributed by atoms with Gasteiger partial charge in [0.25, 0.3) is 5.91 Å². The van der Waals surface area contributed by atoms with Crippen LogP contribution in [-0.4, -0.2) is 61.4 Å². The van der Waals surface area contributed by atoms with E-state index in [4.69, 9.17) is 17.3 Å². The van der Waals surface area contributed by atoms with E-state index in [1.54, 1.807) is 24.3 Å². The zero-order valence-corrected chi connectivity index (χ0v) is 21.7. The minimum absolute atomic E-state index is 0.114. The summed E-state index contributed by atoms with van der Waals surface area (Å²) in [5.41, 5.74) is 5.27. The van der Waals surface area contributed by atoms with E-state index in [1.807, 2.05) is 0 Å². The molecule has 0 spiro atoms. The topological polar surface area (TPSA) is 136 Å². The molecular formula is C26H20ClF4N7O3. The highest BCUT2D eigenvalue weighted by molar-refractivity contribution is 6.32. The van der Waals surface area contributed by atoms with Gasteiger partial charge in [0.05, 0.1) is 40.7 Å². The van der Waals surface area contributed by atoms with Gasteiger partial charge >= 0.3 is 6.18 Å². The molecule has 0 radical (unpaired) electrons. The molecule has 4 aromatic rings. The molecule has 3 heterocycles. The Bertz CT molecular complexity index is 1660. The van der Waals surface area contributed by atoms with E-state index < -0.39 is 71.9 Å². The summed E-state index contributed by atoms with van der Waals surface area (Å²) in [5, 5.41) is 13.6. The summed E-state index contributed by atoms with van der Waals surface area (Å²) in [6.07, 6.45) is -3.88. The number of anilines is 1. The number of amides is 3. The van der Waals surface area contributed by atoms with Crippen LogP contribution in [0.15, 0.2) is 54.9 Å². The molecule has 1 saturated heterocycles. The molecule has 1 aliphatic rings. The monoisotopic (exact) mass is 589 g/mol. The first-order valence-electron chi connectivity index (χ1n) is 12.1. The number of nitrogens with zero attached hydrogens (tertiary/aromatic N) is 5. The van der Waals surface area contributed by atoms with E-state index in [0.717, 1.165) is 17.0 Å². The molecule has 0 saturated carbocycles. The number of aromatic nitrogens is 4. The maximum Gasteiger partial charge on any atom is 0.419 e. The van der Waals surface area contributed by atoms with Crippen molar-refractivity contribution in [3.05, 3.63) is 71.1 Å². The number of nitrogens with one attached hydrogen (secondary N) is 1. The second-order valence-electron chi connectivity index (χ2n) is 9.28. The summed E-state index contributed by atoms with van der Waals surface area (Å²) in [5.74, 6) is -2.60. The van der Waals surface area contributed by atoms with E-state index >= 15 is 0 Å². The average molecular weight is 590 g/mol. The first-order valence-corrected chi connectivity index (χ1v) is 12.5. The Labute approximate surface area is 234 Å². The van der Waals surface area contributed by atoms with Gasteiger partial charge in [-0.05, 0) is 35.9 Å². The second kappa shape index (κ2) is 10.8. The number of hydrogen-bond donors (Lipinski definition) is 2. The summed E-state index contributed by atoms with van der Waals surface area (Å²) in [6.45, 7) is -0.957. The Hall–Kier alpha value is -4.59. The number of nitrogens with two attached hydrogens (primary N) is 1. The van der Waals surface area contributed by atoms with Crippen molar-refractivity contribution in [1.29, 1.82) is 0 Å². The SMILES string of the molecule is NC(=O)c1nn(CC(=O)N2C[C@H](F)C[C@H]2C(=O)Nc2cccc(Cl)c2C(F)(F)F)c2ccc(-c3ccnnc3)cc12. The Morgan fingerprint density at radius 2 is 1.88 bits per heavy atom. The highest BCUT2D eigenvalue weighted by atomic mass is 35.5. The van der Waals surface area contributed by atoms with E-state index in [9.17, 15) is 31.9 Å². The molecule has 2 aromatic carbocycles. The number of halogens is 5. The molecule has 2 aromatic heterocycles. The summed E-state index contributed by atoms with van der Waals surface area (Å²) in [7, 11) is 0. The third-order valence-electron chi connectivity index (χ3n) is 6.61. The van der Waals surface area contributed by atoms with Gasteiger partial charge in [0, 0.05) is 17.4 Å². The van der Waals surface area contributed by atoms with Crippen LogP contribution in [0.2, 0.25) is 5.02 Å². The highest BCUT2D eigenvalue weighted by Gasteiger charge is 2.42. The van der Waals surface area contributed by atoms with Gasteiger partial charge in [-0.25, -0.2) is 4.39 Å². The number of likely N-dealkylation sites (tertiary alicyclic amines) is 1. The first-order chi connectivity index (χ1) is 19.4. The molecule has 1 aliphatic heterocycles. The maximum absolute atomic E-state index is 14.5. The molecular weight excluding hydrogens is 570 g/mol. The largest absolute Gasteiger partial charge is 0.419 e.